The lowest BCUT2D eigenvalue weighted by Gasteiger charge is -2.24. The van der Waals surface area contributed by atoms with Gasteiger partial charge in [0.2, 0.25) is 0 Å². The molecular weight excluding hydrogens is 443 g/mol. The van der Waals surface area contributed by atoms with E-state index in [0.29, 0.717) is 11.0 Å². The van der Waals surface area contributed by atoms with E-state index in [0.717, 1.165) is 19.3 Å². The molecular formula is C23H48N4O5P+. The van der Waals surface area contributed by atoms with Gasteiger partial charge in [-0.25, -0.2) is 4.57 Å². The standard InChI is InChI=1S/C23H47N4O5P/c1-5-6-7-8-9-10-11-12-13-14-15-16-17-18-23(28)22(25-26-24)21-32-33(29,30)31-20-19-27(2,3)4/h17-18,22-23,28H,5-16,19-21H2,1-4H3/p+1. The first-order chi connectivity index (χ1) is 15.6. The number of unbranched alkanes of at least 4 members (excludes halogenated alkanes) is 11. The molecule has 0 fully saturated rings. The van der Waals surface area contributed by atoms with Gasteiger partial charge in [0, 0.05) is 4.91 Å². The second-order valence-corrected chi connectivity index (χ2v) is 11.1. The van der Waals surface area contributed by atoms with E-state index >= 15 is 0 Å². The summed E-state index contributed by atoms with van der Waals surface area (Å²) in [6.45, 7) is 2.40. The maximum atomic E-state index is 12.0. The molecule has 0 amide bonds. The van der Waals surface area contributed by atoms with E-state index in [1.54, 1.807) is 6.08 Å². The van der Waals surface area contributed by atoms with Gasteiger partial charge in [0.1, 0.15) is 13.2 Å². The summed E-state index contributed by atoms with van der Waals surface area (Å²) in [5, 5.41) is 13.7. The van der Waals surface area contributed by atoms with Crippen LogP contribution in [0.4, 0.5) is 0 Å². The van der Waals surface area contributed by atoms with Crippen LogP contribution in [0.15, 0.2) is 17.3 Å². The number of phosphoric ester groups is 1. The van der Waals surface area contributed by atoms with Crippen LogP contribution in [0.2, 0.25) is 0 Å². The van der Waals surface area contributed by atoms with E-state index < -0.39 is 26.6 Å². The van der Waals surface area contributed by atoms with Crippen molar-refractivity contribution in [2.45, 2.75) is 96.1 Å². The zero-order valence-electron chi connectivity index (χ0n) is 21.3. The summed E-state index contributed by atoms with van der Waals surface area (Å²) < 4.78 is 22.4. The number of hydrogen-bond donors (Lipinski definition) is 2. The highest BCUT2D eigenvalue weighted by Crippen LogP contribution is 2.43. The van der Waals surface area contributed by atoms with Crippen molar-refractivity contribution in [3.05, 3.63) is 22.6 Å². The number of aliphatic hydroxyl groups excluding tert-OH is 1. The average molecular weight is 492 g/mol. The molecule has 0 aromatic rings. The highest BCUT2D eigenvalue weighted by molar-refractivity contribution is 7.47. The number of likely N-dealkylation sites (N-methyl/N-ethyl adjacent to an activating group) is 1. The fraction of sp³-hybridized carbons (Fsp3) is 0.913. The summed E-state index contributed by atoms with van der Waals surface area (Å²) in [6, 6.07) is -1.01. The third-order valence-electron chi connectivity index (χ3n) is 5.33. The molecule has 2 N–H and O–H groups in total. The molecule has 0 bridgehead atoms. The summed E-state index contributed by atoms with van der Waals surface area (Å²) >= 11 is 0. The predicted octanol–water partition coefficient (Wildman–Crippen LogP) is 6.12. The minimum Gasteiger partial charge on any atom is -0.389 e. The monoisotopic (exact) mass is 491 g/mol. The Kier molecular flexibility index (Phi) is 18.9. The Morgan fingerprint density at radius 3 is 2.06 bits per heavy atom. The molecule has 3 unspecified atom stereocenters. The molecule has 194 valence electrons. The number of azide groups is 1. The van der Waals surface area contributed by atoms with Gasteiger partial charge in [-0.2, -0.15) is 0 Å². The molecule has 0 saturated heterocycles. The molecule has 0 saturated carbocycles. The molecule has 0 spiro atoms. The molecule has 0 aliphatic heterocycles. The van der Waals surface area contributed by atoms with Crippen molar-refractivity contribution in [1.82, 2.24) is 0 Å². The molecule has 0 radical (unpaired) electrons. The minimum atomic E-state index is -4.28. The van der Waals surface area contributed by atoms with Crippen LogP contribution in [0, 0.1) is 0 Å². The normalized spacial score (nSPS) is 15.8. The van der Waals surface area contributed by atoms with Crippen molar-refractivity contribution >= 4 is 7.82 Å². The van der Waals surface area contributed by atoms with Gasteiger partial charge in [0.15, 0.2) is 0 Å². The van der Waals surface area contributed by atoms with Gasteiger partial charge >= 0.3 is 7.82 Å². The van der Waals surface area contributed by atoms with Crippen molar-refractivity contribution < 1.29 is 28.1 Å². The summed E-state index contributed by atoms with van der Waals surface area (Å²) in [5.74, 6) is 0. The minimum absolute atomic E-state index is 0.0465. The third kappa shape index (κ3) is 21.4. The van der Waals surface area contributed by atoms with Crippen molar-refractivity contribution in [2.24, 2.45) is 5.11 Å². The fourth-order valence-corrected chi connectivity index (χ4v) is 3.92. The van der Waals surface area contributed by atoms with Crippen LogP contribution in [-0.4, -0.2) is 67.5 Å². The maximum Gasteiger partial charge on any atom is 0.472 e. The van der Waals surface area contributed by atoms with E-state index in [4.69, 9.17) is 14.6 Å². The molecule has 0 aliphatic rings. The topological polar surface area (TPSA) is 125 Å². The second kappa shape index (κ2) is 19.4. The first kappa shape index (κ1) is 32.1. The van der Waals surface area contributed by atoms with Crippen molar-refractivity contribution in [3.8, 4) is 0 Å². The molecule has 0 rings (SSSR count). The number of phosphoric acid groups is 1. The Morgan fingerprint density at radius 2 is 1.55 bits per heavy atom. The fourth-order valence-electron chi connectivity index (χ4n) is 3.19. The number of quaternary nitrogens is 1. The van der Waals surface area contributed by atoms with E-state index in [1.807, 2.05) is 27.2 Å². The molecule has 0 aliphatic carbocycles. The highest BCUT2D eigenvalue weighted by Gasteiger charge is 2.26. The smallest absolute Gasteiger partial charge is 0.389 e. The SMILES string of the molecule is CCCCCCCCCCCCCC=CC(O)C(COP(=O)(O)OCC[N+](C)(C)C)N=[N+]=[N-]. The number of aliphatic hydroxyl groups is 1. The van der Waals surface area contributed by atoms with Gasteiger partial charge in [-0.15, -0.1) is 0 Å². The van der Waals surface area contributed by atoms with Crippen LogP contribution < -0.4 is 0 Å². The van der Waals surface area contributed by atoms with Gasteiger partial charge in [0.05, 0.1) is 39.9 Å². The average Bonchev–Trinajstić information content (AvgIpc) is 2.73. The van der Waals surface area contributed by atoms with Crippen LogP contribution >= 0.6 is 7.82 Å². The largest absolute Gasteiger partial charge is 0.472 e. The Morgan fingerprint density at radius 1 is 1.00 bits per heavy atom. The third-order valence-corrected chi connectivity index (χ3v) is 6.31. The summed E-state index contributed by atoms with van der Waals surface area (Å²) in [5.41, 5.74) is 8.73. The van der Waals surface area contributed by atoms with Crippen molar-refractivity contribution in [2.75, 3.05) is 40.9 Å². The van der Waals surface area contributed by atoms with Crippen LogP contribution in [0.3, 0.4) is 0 Å². The molecule has 0 aromatic heterocycles. The summed E-state index contributed by atoms with van der Waals surface area (Å²) in [4.78, 5) is 12.5. The van der Waals surface area contributed by atoms with Crippen LogP contribution in [0.5, 0.6) is 0 Å². The lowest BCUT2D eigenvalue weighted by molar-refractivity contribution is -0.870. The first-order valence-electron chi connectivity index (χ1n) is 12.4. The number of allylic oxidation sites excluding steroid dienone is 1. The maximum absolute atomic E-state index is 12.0. The van der Waals surface area contributed by atoms with Crippen molar-refractivity contribution in [3.63, 3.8) is 0 Å². The first-order valence-corrected chi connectivity index (χ1v) is 13.9. The quantitative estimate of drug-likeness (QED) is 0.0359. The number of rotatable bonds is 22. The van der Waals surface area contributed by atoms with E-state index in [-0.39, 0.29) is 6.61 Å². The Labute approximate surface area is 201 Å². The van der Waals surface area contributed by atoms with Crippen molar-refractivity contribution in [1.29, 1.82) is 0 Å². The molecule has 0 aromatic carbocycles. The van der Waals surface area contributed by atoms with Gasteiger partial charge in [0.25, 0.3) is 0 Å². The zero-order chi connectivity index (χ0) is 25.0. The molecule has 33 heavy (non-hydrogen) atoms. The van der Waals surface area contributed by atoms with Crippen LogP contribution in [-0.2, 0) is 13.6 Å². The molecule has 10 heteroatoms. The van der Waals surface area contributed by atoms with E-state index in [2.05, 4.69) is 16.9 Å². The Hall–Kier alpha value is -0.920. The van der Waals surface area contributed by atoms with Gasteiger partial charge in [-0.3, -0.25) is 9.05 Å². The number of nitrogens with zero attached hydrogens (tertiary/aromatic N) is 4. The molecule has 3 atom stereocenters. The number of hydrogen-bond acceptors (Lipinski definition) is 5. The summed E-state index contributed by atoms with van der Waals surface area (Å²) in [6.07, 6.45) is 17.2. The van der Waals surface area contributed by atoms with Gasteiger partial charge < -0.3 is 14.5 Å². The Bertz CT molecular complexity index is 606. The van der Waals surface area contributed by atoms with E-state index in [1.165, 1.54) is 57.8 Å². The van der Waals surface area contributed by atoms with Crippen LogP contribution in [0.1, 0.15) is 84.0 Å². The lowest BCUT2D eigenvalue weighted by atomic mass is 10.0. The Balaban J connectivity index is 4.06. The summed E-state index contributed by atoms with van der Waals surface area (Å²) in [7, 11) is 1.52. The van der Waals surface area contributed by atoms with E-state index in [9.17, 15) is 14.6 Å². The predicted molar refractivity (Wildman–Crippen MR) is 134 cm³/mol. The van der Waals surface area contributed by atoms with Crippen LogP contribution in [0.25, 0.3) is 10.4 Å². The van der Waals surface area contributed by atoms with Gasteiger partial charge in [-0.1, -0.05) is 88.4 Å². The second-order valence-electron chi connectivity index (χ2n) is 9.63. The lowest BCUT2D eigenvalue weighted by Crippen LogP contribution is -2.37. The zero-order valence-corrected chi connectivity index (χ0v) is 22.2. The molecule has 9 nitrogen and oxygen atoms in total. The van der Waals surface area contributed by atoms with Gasteiger partial charge in [-0.05, 0) is 18.4 Å². The highest BCUT2D eigenvalue weighted by atomic mass is 31.2. The molecule has 0 heterocycles.